The fourth-order valence-corrected chi connectivity index (χ4v) is 1.98. The lowest BCUT2D eigenvalue weighted by molar-refractivity contribution is -0.145. The second-order valence-corrected chi connectivity index (χ2v) is 4.88. The van der Waals surface area contributed by atoms with Gasteiger partial charge < -0.3 is 10.1 Å². The highest BCUT2D eigenvalue weighted by Gasteiger charge is 2.19. The van der Waals surface area contributed by atoms with Crippen LogP contribution in [0, 0.1) is 5.82 Å². The maximum Gasteiger partial charge on any atom is 0.328 e. The molecule has 0 fully saturated rings. The molecule has 0 aliphatic carbocycles. The SMILES string of the molecule is CC[C@H](NC(=O)Cc1cc(Br)ccc1F)C(=O)OC. The number of hydrogen-bond acceptors (Lipinski definition) is 3. The molecule has 0 heterocycles. The molecule has 19 heavy (non-hydrogen) atoms. The normalized spacial score (nSPS) is 11.8. The molecule has 0 saturated carbocycles. The molecule has 0 aliphatic rings. The summed E-state index contributed by atoms with van der Waals surface area (Å²) in [5, 5.41) is 2.52. The molecule has 1 rings (SSSR count). The Balaban J connectivity index is 2.69. The Morgan fingerprint density at radius 1 is 1.47 bits per heavy atom. The highest BCUT2D eigenvalue weighted by Crippen LogP contribution is 2.16. The summed E-state index contributed by atoms with van der Waals surface area (Å²) in [6.07, 6.45) is 0.290. The van der Waals surface area contributed by atoms with Crippen LogP contribution in [0.2, 0.25) is 0 Å². The highest BCUT2D eigenvalue weighted by molar-refractivity contribution is 9.10. The molecule has 6 heteroatoms. The van der Waals surface area contributed by atoms with Crippen LogP contribution < -0.4 is 5.32 Å². The van der Waals surface area contributed by atoms with Gasteiger partial charge >= 0.3 is 5.97 Å². The van der Waals surface area contributed by atoms with Crippen molar-refractivity contribution >= 4 is 27.8 Å². The monoisotopic (exact) mass is 331 g/mol. The van der Waals surface area contributed by atoms with Crippen molar-refractivity contribution in [3.05, 3.63) is 34.1 Å². The average Bonchev–Trinajstić information content (AvgIpc) is 2.39. The lowest BCUT2D eigenvalue weighted by Crippen LogP contribution is -2.41. The molecule has 0 unspecified atom stereocenters. The second kappa shape index (κ2) is 7.23. The van der Waals surface area contributed by atoms with Crippen molar-refractivity contribution in [3.8, 4) is 0 Å². The molecule has 1 N–H and O–H groups in total. The average molecular weight is 332 g/mol. The van der Waals surface area contributed by atoms with Crippen molar-refractivity contribution < 1.29 is 18.7 Å². The predicted octanol–water partition coefficient (Wildman–Crippen LogP) is 2.20. The van der Waals surface area contributed by atoms with E-state index < -0.39 is 23.7 Å². The van der Waals surface area contributed by atoms with Gasteiger partial charge in [-0.05, 0) is 30.2 Å². The number of methoxy groups -OCH3 is 1. The Hall–Kier alpha value is -1.43. The minimum atomic E-state index is -0.701. The summed E-state index contributed by atoms with van der Waals surface area (Å²) >= 11 is 3.21. The van der Waals surface area contributed by atoms with Gasteiger partial charge in [-0.15, -0.1) is 0 Å². The topological polar surface area (TPSA) is 55.4 Å². The van der Waals surface area contributed by atoms with Crippen LogP contribution in [0.15, 0.2) is 22.7 Å². The van der Waals surface area contributed by atoms with Gasteiger partial charge in [0.15, 0.2) is 0 Å². The van der Waals surface area contributed by atoms with Crippen LogP contribution in [0.5, 0.6) is 0 Å². The summed E-state index contributed by atoms with van der Waals surface area (Å²) in [4.78, 5) is 23.1. The highest BCUT2D eigenvalue weighted by atomic mass is 79.9. The van der Waals surface area contributed by atoms with Crippen LogP contribution in [-0.4, -0.2) is 25.0 Å². The van der Waals surface area contributed by atoms with Crippen molar-refractivity contribution in [1.29, 1.82) is 0 Å². The van der Waals surface area contributed by atoms with E-state index in [-0.39, 0.29) is 12.0 Å². The summed E-state index contributed by atoms with van der Waals surface area (Å²) < 4.78 is 18.7. The summed E-state index contributed by atoms with van der Waals surface area (Å²) in [7, 11) is 1.26. The minimum Gasteiger partial charge on any atom is -0.467 e. The molecule has 1 atom stereocenters. The first-order chi connectivity index (χ1) is 8.97. The molecule has 0 radical (unpaired) electrons. The number of hydrogen-bond donors (Lipinski definition) is 1. The fourth-order valence-electron chi connectivity index (χ4n) is 1.57. The first kappa shape index (κ1) is 15.6. The number of nitrogens with one attached hydrogen (secondary N) is 1. The van der Waals surface area contributed by atoms with Crippen molar-refractivity contribution in [3.63, 3.8) is 0 Å². The standard InChI is InChI=1S/C13H15BrFNO3/c1-3-11(13(18)19-2)16-12(17)7-8-6-9(14)4-5-10(8)15/h4-6,11H,3,7H2,1-2H3,(H,16,17)/t11-/m0/s1. The molecule has 1 aromatic rings. The maximum absolute atomic E-state index is 13.5. The quantitative estimate of drug-likeness (QED) is 0.841. The van der Waals surface area contributed by atoms with E-state index >= 15 is 0 Å². The van der Waals surface area contributed by atoms with E-state index in [9.17, 15) is 14.0 Å². The Morgan fingerprint density at radius 2 is 2.16 bits per heavy atom. The molecule has 1 amide bonds. The van der Waals surface area contributed by atoms with Gasteiger partial charge in [-0.3, -0.25) is 4.79 Å². The van der Waals surface area contributed by atoms with Crippen LogP contribution in [0.1, 0.15) is 18.9 Å². The zero-order valence-electron chi connectivity index (χ0n) is 10.7. The van der Waals surface area contributed by atoms with E-state index in [4.69, 9.17) is 0 Å². The Morgan fingerprint density at radius 3 is 2.74 bits per heavy atom. The number of rotatable bonds is 5. The van der Waals surface area contributed by atoms with E-state index in [1.165, 1.54) is 19.2 Å². The summed E-state index contributed by atoms with van der Waals surface area (Å²) in [6, 6.07) is 3.67. The molecule has 0 saturated heterocycles. The Kier molecular flexibility index (Phi) is 5.95. The van der Waals surface area contributed by atoms with Crippen LogP contribution in [0.25, 0.3) is 0 Å². The third-order valence-electron chi connectivity index (χ3n) is 2.59. The van der Waals surface area contributed by atoms with E-state index in [2.05, 4.69) is 26.0 Å². The van der Waals surface area contributed by atoms with Crippen molar-refractivity contribution in [2.24, 2.45) is 0 Å². The zero-order chi connectivity index (χ0) is 14.4. The molecule has 0 spiro atoms. The fraction of sp³-hybridized carbons (Fsp3) is 0.385. The smallest absolute Gasteiger partial charge is 0.328 e. The van der Waals surface area contributed by atoms with Gasteiger partial charge in [-0.1, -0.05) is 22.9 Å². The molecule has 4 nitrogen and oxygen atoms in total. The number of carbonyl (C=O) groups excluding carboxylic acids is 2. The van der Waals surface area contributed by atoms with Crippen LogP contribution in [0.3, 0.4) is 0 Å². The Labute approximate surface area is 119 Å². The lowest BCUT2D eigenvalue weighted by atomic mass is 10.1. The van der Waals surface area contributed by atoms with Crippen molar-refractivity contribution in [2.75, 3.05) is 7.11 Å². The predicted molar refractivity (Wildman–Crippen MR) is 72.0 cm³/mol. The van der Waals surface area contributed by atoms with Crippen LogP contribution >= 0.6 is 15.9 Å². The number of ether oxygens (including phenoxy) is 1. The lowest BCUT2D eigenvalue weighted by Gasteiger charge is -2.14. The van der Waals surface area contributed by atoms with E-state index in [0.717, 1.165) is 0 Å². The number of halogens is 2. The van der Waals surface area contributed by atoms with E-state index in [1.54, 1.807) is 13.0 Å². The van der Waals surface area contributed by atoms with Gasteiger partial charge in [0.1, 0.15) is 11.9 Å². The van der Waals surface area contributed by atoms with Gasteiger partial charge in [0.05, 0.1) is 13.5 Å². The van der Waals surface area contributed by atoms with Crippen LogP contribution in [0.4, 0.5) is 4.39 Å². The minimum absolute atomic E-state index is 0.126. The summed E-state index contributed by atoms with van der Waals surface area (Å²) in [5.41, 5.74) is 0.270. The first-order valence-electron chi connectivity index (χ1n) is 5.79. The number of carbonyl (C=O) groups is 2. The number of amides is 1. The molecule has 104 valence electrons. The third kappa shape index (κ3) is 4.63. The molecule has 0 bridgehead atoms. The number of esters is 1. The molecular weight excluding hydrogens is 317 g/mol. The molecular formula is C13H15BrFNO3. The van der Waals surface area contributed by atoms with E-state index in [0.29, 0.717) is 10.9 Å². The van der Waals surface area contributed by atoms with Crippen LogP contribution in [-0.2, 0) is 20.7 Å². The molecule has 0 aromatic heterocycles. The summed E-state index contributed by atoms with van der Waals surface area (Å²) in [5.74, 6) is -1.38. The van der Waals surface area contributed by atoms with Crippen molar-refractivity contribution in [1.82, 2.24) is 5.32 Å². The first-order valence-corrected chi connectivity index (χ1v) is 6.58. The second-order valence-electron chi connectivity index (χ2n) is 3.96. The van der Waals surface area contributed by atoms with Gasteiger partial charge in [0.25, 0.3) is 0 Å². The van der Waals surface area contributed by atoms with Gasteiger partial charge in [0.2, 0.25) is 5.91 Å². The van der Waals surface area contributed by atoms with Gasteiger partial charge in [0, 0.05) is 4.47 Å². The van der Waals surface area contributed by atoms with E-state index in [1.807, 2.05) is 0 Å². The van der Waals surface area contributed by atoms with Gasteiger partial charge in [-0.25, -0.2) is 9.18 Å². The molecule has 1 aromatic carbocycles. The van der Waals surface area contributed by atoms with Gasteiger partial charge in [-0.2, -0.15) is 0 Å². The zero-order valence-corrected chi connectivity index (χ0v) is 12.3. The summed E-state index contributed by atoms with van der Waals surface area (Å²) in [6.45, 7) is 1.75. The molecule has 0 aliphatic heterocycles. The maximum atomic E-state index is 13.5. The largest absolute Gasteiger partial charge is 0.467 e. The Bertz CT molecular complexity index is 479. The number of benzene rings is 1. The third-order valence-corrected chi connectivity index (χ3v) is 3.08. The van der Waals surface area contributed by atoms with Crippen molar-refractivity contribution in [2.45, 2.75) is 25.8 Å².